The van der Waals surface area contributed by atoms with Gasteiger partial charge in [-0.05, 0) is 105 Å². The van der Waals surface area contributed by atoms with Gasteiger partial charge >= 0.3 is 5.97 Å². The number of carboxylic acid groups (broad SMARTS) is 1. The molecular weight excluding hydrogens is 637 g/mol. The van der Waals surface area contributed by atoms with Crippen molar-refractivity contribution in [2.24, 2.45) is 5.92 Å². The van der Waals surface area contributed by atoms with E-state index in [2.05, 4.69) is 38.0 Å². The molecule has 5 rings (SSSR count). The Morgan fingerprint density at radius 1 is 1.04 bits per heavy atom. The highest BCUT2D eigenvalue weighted by Crippen LogP contribution is 2.41. The largest absolute Gasteiger partial charge is 0.481 e. The Hall–Kier alpha value is -3.63. The van der Waals surface area contributed by atoms with Crippen molar-refractivity contribution in [3.8, 4) is 17.5 Å². The molecule has 2 heterocycles. The number of benzene rings is 2. The average Bonchev–Trinajstić information content (AvgIpc) is 3.74. The third-order valence-corrected chi connectivity index (χ3v) is 9.08. The van der Waals surface area contributed by atoms with Gasteiger partial charge in [0.15, 0.2) is 0 Å². The van der Waals surface area contributed by atoms with Crippen molar-refractivity contribution >= 4 is 58.4 Å². The summed E-state index contributed by atoms with van der Waals surface area (Å²) in [5.41, 5.74) is 2.10. The number of hydrogen-bond donors (Lipinski definition) is 3. The lowest BCUT2D eigenvalue weighted by Gasteiger charge is -2.30. The van der Waals surface area contributed by atoms with Crippen LogP contribution >= 0.6 is 35.0 Å². The molecule has 1 saturated carbocycles. The molecule has 3 aromatic rings. The number of carbonyl (C=O) groups excluding carboxylic acids is 2. The number of carbonyl (C=O) groups is 3. The lowest BCUT2D eigenvalue weighted by atomic mass is 9.97. The molecule has 11 nitrogen and oxygen atoms in total. The molecule has 2 aliphatic rings. The van der Waals surface area contributed by atoms with Crippen LogP contribution in [0.1, 0.15) is 56.6 Å². The molecule has 1 aliphatic carbocycles. The molecule has 14 heteroatoms. The van der Waals surface area contributed by atoms with Crippen molar-refractivity contribution in [1.29, 1.82) is 0 Å². The fourth-order valence-corrected chi connectivity index (χ4v) is 6.17. The van der Waals surface area contributed by atoms with Gasteiger partial charge in [0.05, 0.1) is 45.2 Å². The zero-order chi connectivity index (χ0) is 32.1. The van der Waals surface area contributed by atoms with Crippen LogP contribution in [0.3, 0.4) is 0 Å². The van der Waals surface area contributed by atoms with E-state index in [4.69, 9.17) is 28.3 Å². The van der Waals surface area contributed by atoms with Crippen LogP contribution in [0.4, 0.5) is 5.69 Å². The van der Waals surface area contributed by atoms with E-state index in [0.717, 1.165) is 0 Å². The maximum atomic E-state index is 12.7. The fraction of sp³-hybridized carbons (Fsp3) is 0.419. The zero-order valence-electron chi connectivity index (χ0n) is 24.8. The van der Waals surface area contributed by atoms with Crippen molar-refractivity contribution in [1.82, 2.24) is 30.4 Å². The van der Waals surface area contributed by atoms with Crippen molar-refractivity contribution in [2.75, 3.05) is 30.7 Å². The average molecular weight is 671 g/mol. The lowest BCUT2D eigenvalue weighted by Crippen LogP contribution is -2.48. The number of hydrogen-bond acceptors (Lipinski definition) is 8. The maximum Gasteiger partial charge on any atom is 0.306 e. The van der Waals surface area contributed by atoms with Crippen molar-refractivity contribution < 1.29 is 19.5 Å². The van der Waals surface area contributed by atoms with Crippen LogP contribution in [0.2, 0.25) is 10.0 Å². The van der Waals surface area contributed by atoms with Crippen LogP contribution in [0, 0.1) is 17.8 Å². The number of carboxylic acids is 1. The van der Waals surface area contributed by atoms with Crippen LogP contribution in [0.5, 0.6) is 0 Å². The van der Waals surface area contributed by atoms with Gasteiger partial charge in [0.2, 0.25) is 17.0 Å². The number of amides is 2. The van der Waals surface area contributed by atoms with Crippen molar-refractivity contribution in [3.05, 3.63) is 57.6 Å². The van der Waals surface area contributed by atoms with E-state index in [9.17, 15) is 14.4 Å². The minimum absolute atomic E-state index is 0.0431. The number of aromatic nitrogens is 4. The molecule has 3 N–H and O–H groups in total. The number of nitrogens with zero attached hydrogens (tertiary/aromatic N) is 5. The summed E-state index contributed by atoms with van der Waals surface area (Å²) < 4.78 is 1.52. The molecule has 2 fully saturated rings. The Labute approximate surface area is 275 Å². The second kappa shape index (κ2) is 14.2. The van der Waals surface area contributed by atoms with Crippen LogP contribution in [-0.4, -0.2) is 78.9 Å². The van der Waals surface area contributed by atoms with E-state index in [1.54, 1.807) is 32.0 Å². The third-order valence-electron chi connectivity index (χ3n) is 7.54. The number of aliphatic carboxylic acids is 1. The fourth-order valence-electron chi connectivity index (χ4n) is 4.99. The highest BCUT2D eigenvalue weighted by Gasteiger charge is 2.27. The molecule has 236 valence electrons. The predicted molar refractivity (Wildman–Crippen MR) is 173 cm³/mol. The van der Waals surface area contributed by atoms with Gasteiger partial charge in [-0.15, -0.1) is 5.10 Å². The minimum atomic E-state index is -0.814. The number of halogens is 2. The van der Waals surface area contributed by atoms with E-state index in [1.807, 2.05) is 23.1 Å². The van der Waals surface area contributed by atoms with Gasteiger partial charge in [-0.3, -0.25) is 19.3 Å². The molecule has 1 aromatic heterocycles. The van der Waals surface area contributed by atoms with E-state index in [-0.39, 0.29) is 30.0 Å². The molecule has 0 spiro atoms. The third kappa shape index (κ3) is 8.98. The highest BCUT2D eigenvalue weighted by molar-refractivity contribution is 7.99. The van der Waals surface area contributed by atoms with E-state index in [1.165, 1.54) is 34.8 Å². The SMILES string of the molecule is CC(C)(C#Cc1ccc(NC(=O)CSc2nnnn2-c2ccc(C3CC3)cc2Cl)c(Cl)c1)NC(=O)CN1CCC(C(=O)O)CC1. The summed E-state index contributed by atoms with van der Waals surface area (Å²) in [6.45, 7) is 4.93. The second-order valence-corrected chi connectivity index (χ2v) is 13.5. The summed E-state index contributed by atoms with van der Waals surface area (Å²) in [5, 5.41) is 28.0. The van der Waals surface area contributed by atoms with E-state index >= 15 is 0 Å². The molecular formula is C31H33Cl2N7O4S. The number of nitrogens with one attached hydrogen (secondary N) is 2. The first-order chi connectivity index (χ1) is 21.5. The number of rotatable bonds is 10. The molecule has 1 aliphatic heterocycles. The normalized spacial score (nSPS) is 15.6. The number of piperidine rings is 1. The first-order valence-electron chi connectivity index (χ1n) is 14.6. The Bertz CT molecular complexity index is 1660. The predicted octanol–water partition coefficient (Wildman–Crippen LogP) is 4.62. The summed E-state index contributed by atoms with van der Waals surface area (Å²) in [5.74, 6) is 5.12. The lowest BCUT2D eigenvalue weighted by molar-refractivity contribution is -0.143. The molecule has 1 saturated heterocycles. The quantitative estimate of drug-likeness (QED) is 0.208. The highest BCUT2D eigenvalue weighted by atomic mass is 35.5. The first-order valence-corrected chi connectivity index (χ1v) is 16.3. The smallest absolute Gasteiger partial charge is 0.306 e. The van der Waals surface area contributed by atoms with Gasteiger partial charge in [-0.25, -0.2) is 0 Å². The van der Waals surface area contributed by atoms with Crippen LogP contribution in [0.15, 0.2) is 41.6 Å². The Kier molecular flexibility index (Phi) is 10.3. The van der Waals surface area contributed by atoms with Crippen LogP contribution in [0.25, 0.3) is 5.69 Å². The minimum Gasteiger partial charge on any atom is -0.481 e. The van der Waals surface area contributed by atoms with E-state index < -0.39 is 11.5 Å². The van der Waals surface area contributed by atoms with Crippen molar-refractivity contribution in [3.63, 3.8) is 0 Å². The monoisotopic (exact) mass is 669 g/mol. The Balaban J connectivity index is 1.12. The molecule has 0 bridgehead atoms. The molecule has 2 amide bonds. The Morgan fingerprint density at radius 2 is 1.80 bits per heavy atom. The van der Waals surface area contributed by atoms with Gasteiger partial charge in [0.25, 0.3) is 0 Å². The molecule has 0 atom stereocenters. The topological polar surface area (TPSA) is 142 Å². The summed E-state index contributed by atoms with van der Waals surface area (Å²) >= 11 is 14.1. The summed E-state index contributed by atoms with van der Waals surface area (Å²) in [6.07, 6.45) is 3.42. The van der Waals surface area contributed by atoms with Gasteiger partial charge < -0.3 is 15.7 Å². The Morgan fingerprint density at radius 3 is 2.47 bits per heavy atom. The summed E-state index contributed by atoms with van der Waals surface area (Å²) in [6, 6.07) is 10.9. The standard InChI is InChI=1S/C31H33Cl2N7O4S/c1-31(2,35-27(41)17-39-13-10-21(11-14-39)29(43)44)12-9-19-3-7-25(23(32)15-19)34-28(42)18-45-30-36-37-38-40(30)26-8-6-22(16-24(26)33)20-4-5-20/h3,6-8,15-16,20-21H,4-5,10-11,13-14,17-18H2,1-2H3,(H,34,42)(H,35,41)(H,43,44). The number of tetrazole rings is 1. The number of thioether (sulfide) groups is 1. The van der Waals surface area contributed by atoms with Crippen LogP contribution in [-0.2, 0) is 14.4 Å². The maximum absolute atomic E-state index is 12.7. The molecule has 45 heavy (non-hydrogen) atoms. The summed E-state index contributed by atoms with van der Waals surface area (Å²) in [4.78, 5) is 38.4. The molecule has 0 unspecified atom stereocenters. The second-order valence-electron chi connectivity index (χ2n) is 11.7. The zero-order valence-corrected chi connectivity index (χ0v) is 27.2. The van der Waals surface area contributed by atoms with Gasteiger partial charge in [0, 0.05) is 5.56 Å². The van der Waals surface area contributed by atoms with E-state index in [0.29, 0.717) is 64.0 Å². The molecule has 0 radical (unpaired) electrons. The number of likely N-dealkylation sites (tertiary alicyclic amines) is 1. The summed E-state index contributed by atoms with van der Waals surface area (Å²) in [7, 11) is 0. The number of anilines is 1. The van der Waals surface area contributed by atoms with Crippen molar-refractivity contribution in [2.45, 2.75) is 56.1 Å². The first kappa shape index (κ1) is 32.8. The van der Waals surface area contributed by atoms with Crippen LogP contribution < -0.4 is 10.6 Å². The van der Waals surface area contributed by atoms with Gasteiger partial charge in [-0.1, -0.05) is 52.9 Å². The van der Waals surface area contributed by atoms with Gasteiger partial charge in [-0.2, -0.15) is 4.68 Å². The van der Waals surface area contributed by atoms with Gasteiger partial charge in [0.1, 0.15) is 0 Å². The molecule has 2 aromatic carbocycles.